The Balaban J connectivity index is 1.79. The average Bonchev–Trinajstić information content (AvgIpc) is 2.48. The highest BCUT2D eigenvalue weighted by atomic mass is 35.5. The SMILES string of the molecule is O=C(CNC1CCCC(C(=O)O)C1)Nc1ccccc1Cl. The second kappa shape index (κ2) is 7.43. The Bertz CT molecular complexity index is 521. The molecule has 0 radical (unpaired) electrons. The monoisotopic (exact) mass is 310 g/mol. The van der Waals surface area contributed by atoms with Crippen LogP contribution < -0.4 is 10.6 Å². The maximum atomic E-state index is 11.9. The lowest BCUT2D eigenvalue weighted by atomic mass is 9.86. The van der Waals surface area contributed by atoms with E-state index in [9.17, 15) is 9.59 Å². The van der Waals surface area contributed by atoms with Crippen LogP contribution >= 0.6 is 11.6 Å². The molecule has 2 atom stereocenters. The molecule has 114 valence electrons. The summed E-state index contributed by atoms with van der Waals surface area (Å²) < 4.78 is 0. The van der Waals surface area contributed by atoms with Gasteiger partial charge in [0.25, 0.3) is 0 Å². The van der Waals surface area contributed by atoms with Crippen LogP contribution in [-0.4, -0.2) is 29.6 Å². The number of carboxylic acids is 1. The van der Waals surface area contributed by atoms with Crippen LogP contribution in [0.5, 0.6) is 0 Å². The van der Waals surface area contributed by atoms with Gasteiger partial charge < -0.3 is 15.7 Å². The van der Waals surface area contributed by atoms with Crippen LogP contribution in [-0.2, 0) is 9.59 Å². The molecule has 2 rings (SSSR count). The summed E-state index contributed by atoms with van der Waals surface area (Å²) in [5.74, 6) is -1.23. The first-order chi connectivity index (χ1) is 10.1. The Morgan fingerprint density at radius 3 is 2.76 bits per heavy atom. The maximum absolute atomic E-state index is 11.9. The van der Waals surface area contributed by atoms with Gasteiger partial charge in [-0.05, 0) is 31.4 Å². The van der Waals surface area contributed by atoms with Gasteiger partial charge in [0.1, 0.15) is 0 Å². The summed E-state index contributed by atoms with van der Waals surface area (Å²) >= 11 is 5.97. The molecule has 2 unspecified atom stereocenters. The third kappa shape index (κ3) is 4.72. The van der Waals surface area contributed by atoms with Crippen molar-refractivity contribution in [1.82, 2.24) is 5.32 Å². The van der Waals surface area contributed by atoms with E-state index in [2.05, 4.69) is 10.6 Å². The van der Waals surface area contributed by atoms with Crippen molar-refractivity contribution >= 4 is 29.2 Å². The lowest BCUT2D eigenvalue weighted by Crippen LogP contribution is -2.40. The van der Waals surface area contributed by atoms with E-state index < -0.39 is 5.97 Å². The Labute approximate surface area is 128 Å². The lowest BCUT2D eigenvalue weighted by Gasteiger charge is -2.27. The van der Waals surface area contributed by atoms with Gasteiger partial charge in [0.2, 0.25) is 5.91 Å². The van der Waals surface area contributed by atoms with Crippen LogP contribution in [0.25, 0.3) is 0 Å². The highest BCUT2D eigenvalue weighted by Gasteiger charge is 2.26. The quantitative estimate of drug-likeness (QED) is 0.781. The Hall–Kier alpha value is -1.59. The molecular weight excluding hydrogens is 292 g/mol. The van der Waals surface area contributed by atoms with Gasteiger partial charge in [-0.25, -0.2) is 0 Å². The molecule has 0 bridgehead atoms. The van der Waals surface area contributed by atoms with E-state index >= 15 is 0 Å². The van der Waals surface area contributed by atoms with Gasteiger partial charge in [0, 0.05) is 6.04 Å². The van der Waals surface area contributed by atoms with Gasteiger partial charge in [-0.2, -0.15) is 0 Å². The van der Waals surface area contributed by atoms with Crippen molar-refractivity contribution in [2.24, 2.45) is 5.92 Å². The molecule has 1 amide bonds. The molecule has 1 fully saturated rings. The second-order valence-electron chi connectivity index (χ2n) is 5.31. The number of hydrogen-bond acceptors (Lipinski definition) is 3. The number of para-hydroxylation sites is 1. The molecule has 0 heterocycles. The number of carbonyl (C=O) groups is 2. The van der Waals surface area contributed by atoms with Gasteiger partial charge in [0.05, 0.1) is 23.2 Å². The smallest absolute Gasteiger partial charge is 0.306 e. The molecule has 0 aliphatic heterocycles. The number of halogens is 1. The van der Waals surface area contributed by atoms with Crippen molar-refractivity contribution in [3.05, 3.63) is 29.3 Å². The molecule has 1 aliphatic rings. The van der Waals surface area contributed by atoms with Crippen LogP contribution in [0.4, 0.5) is 5.69 Å². The van der Waals surface area contributed by atoms with E-state index in [4.69, 9.17) is 16.7 Å². The molecule has 1 aliphatic carbocycles. The fraction of sp³-hybridized carbons (Fsp3) is 0.467. The Morgan fingerprint density at radius 2 is 2.05 bits per heavy atom. The van der Waals surface area contributed by atoms with Crippen molar-refractivity contribution in [2.45, 2.75) is 31.7 Å². The van der Waals surface area contributed by atoms with E-state index in [0.717, 1.165) is 19.3 Å². The van der Waals surface area contributed by atoms with Crippen molar-refractivity contribution in [3.63, 3.8) is 0 Å². The first-order valence-electron chi connectivity index (χ1n) is 7.07. The van der Waals surface area contributed by atoms with E-state index in [1.165, 1.54) is 0 Å². The Kier molecular flexibility index (Phi) is 5.59. The second-order valence-corrected chi connectivity index (χ2v) is 5.71. The summed E-state index contributed by atoms with van der Waals surface area (Å²) in [6.45, 7) is 0.155. The average molecular weight is 311 g/mol. The molecule has 0 aromatic heterocycles. The minimum atomic E-state index is -0.748. The van der Waals surface area contributed by atoms with Crippen molar-refractivity contribution in [1.29, 1.82) is 0 Å². The number of carbonyl (C=O) groups excluding carboxylic acids is 1. The minimum absolute atomic E-state index is 0.0804. The molecule has 1 saturated carbocycles. The van der Waals surface area contributed by atoms with Gasteiger partial charge >= 0.3 is 5.97 Å². The fourth-order valence-corrected chi connectivity index (χ4v) is 2.78. The van der Waals surface area contributed by atoms with Crippen LogP contribution in [0.3, 0.4) is 0 Å². The van der Waals surface area contributed by atoms with Crippen LogP contribution in [0.15, 0.2) is 24.3 Å². The summed E-state index contributed by atoms with van der Waals surface area (Å²) in [6, 6.07) is 7.12. The van der Waals surface area contributed by atoms with Crippen molar-refractivity contribution in [3.8, 4) is 0 Å². The molecule has 1 aromatic rings. The first-order valence-corrected chi connectivity index (χ1v) is 7.44. The third-order valence-electron chi connectivity index (χ3n) is 3.72. The van der Waals surface area contributed by atoms with Gasteiger partial charge in [-0.1, -0.05) is 30.2 Å². The molecule has 0 saturated heterocycles. The van der Waals surface area contributed by atoms with Gasteiger partial charge in [-0.15, -0.1) is 0 Å². The predicted octanol–water partition coefficient (Wildman–Crippen LogP) is 2.51. The Morgan fingerprint density at radius 1 is 1.29 bits per heavy atom. The fourth-order valence-electron chi connectivity index (χ4n) is 2.59. The largest absolute Gasteiger partial charge is 0.481 e. The van der Waals surface area contributed by atoms with Crippen molar-refractivity contribution < 1.29 is 14.7 Å². The van der Waals surface area contributed by atoms with Crippen molar-refractivity contribution in [2.75, 3.05) is 11.9 Å². The maximum Gasteiger partial charge on any atom is 0.306 e. The van der Waals surface area contributed by atoms with E-state index in [1.807, 2.05) is 0 Å². The molecule has 3 N–H and O–H groups in total. The highest BCUT2D eigenvalue weighted by Crippen LogP contribution is 2.24. The van der Waals surface area contributed by atoms with Crippen LogP contribution in [0, 0.1) is 5.92 Å². The summed E-state index contributed by atoms with van der Waals surface area (Å²) in [5.41, 5.74) is 0.582. The predicted molar refractivity (Wildman–Crippen MR) is 81.5 cm³/mol. The number of hydrogen-bond donors (Lipinski definition) is 3. The summed E-state index contributed by atoms with van der Waals surface area (Å²) in [6.07, 6.45) is 3.08. The van der Waals surface area contributed by atoms with Crippen LogP contribution in [0.2, 0.25) is 5.02 Å². The molecule has 6 heteroatoms. The van der Waals surface area contributed by atoms with E-state index in [1.54, 1.807) is 24.3 Å². The summed E-state index contributed by atoms with van der Waals surface area (Å²) in [4.78, 5) is 22.9. The zero-order valence-electron chi connectivity index (χ0n) is 11.6. The summed E-state index contributed by atoms with van der Waals surface area (Å²) in [5, 5.41) is 15.4. The summed E-state index contributed by atoms with van der Waals surface area (Å²) in [7, 11) is 0. The number of carboxylic acid groups (broad SMARTS) is 1. The number of aliphatic carboxylic acids is 1. The number of anilines is 1. The molecule has 1 aromatic carbocycles. The zero-order valence-corrected chi connectivity index (χ0v) is 12.4. The third-order valence-corrected chi connectivity index (χ3v) is 4.05. The standard InChI is InChI=1S/C15H19ClN2O3/c16-12-6-1-2-7-13(12)18-14(19)9-17-11-5-3-4-10(8-11)15(20)21/h1-2,6-7,10-11,17H,3-5,8-9H2,(H,18,19)(H,20,21). The number of nitrogens with one attached hydrogen (secondary N) is 2. The number of benzene rings is 1. The van der Waals surface area contributed by atoms with E-state index in [0.29, 0.717) is 17.1 Å². The lowest BCUT2D eigenvalue weighted by molar-refractivity contribution is -0.143. The zero-order chi connectivity index (χ0) is 15.2. The normalized spacial score (nSPS) is 21.8. The molecule has 21 heavy (non-hydrogen) atoms. The number of amides is 1. The molecule has 5 nitrogen and oxygen atoms in total. The minimum Gasteiger partial charge on any atom is -0.481 e. The van der Waals surface area contributed by atoms with Crippen LogP contribution in [0.1, 0.15) is 25.7 Å². The molecule has 0 spiro atoms. The van der Waals surface area contributed by atoms with E-state index in [-0.39, 0.29) is 24.4 Å². The molecular formula is C15H19ClN2O3. The van der Waals surface area contributed by atoms with Gasteiger partial charge in [-0.3, -0.25) is 9.59 Å². The van der Waals surface area contributed by atoms with Gasteiger partial charge in [0.15, 0.2) is 0 Å². The topological polar surface area (TPSA) is 78.4 Å². The number of rotatable bonds is 5. The first kappa shape index (κ1) is 15.8. The highest BCUT2D eigenvalue weighted by molar-refractivity contribution is 6.33.